The number of fused-ring (bicyclic) bond motifs is 1. The van der Waals surface area contributed by atoms with Crippen molar-refractivity contribution in [2.75, 3.05) is 53.0 Å². The Morgan fingerprint density at radius 2 is 1.91 bits per heavy atom. The quantitative estimate of drug-likeness (QED) is 0.509. The molecule has 0 saturated carbocycles. The van der Waals surface area contributed by atoms with E-state index in [1.807, 2.05) is 17.9 Å². The molecule has 1 N–H and O–H groups in total. The molecule has 0 aliphatic carbocycles. The van der Waals surface area contributed by atoms with Gasteiger partial charge in [0.25, 0.3) is 5.91 Å². The summed E-state index contributed by atoms with van der Waals surface area (Å²) < 4.78 is 20.1. The number of halogens is 1. The van der Waals surface area contributed by atoms with Crippen LogP contribution in [-0.4, -0.2) is 84.4 Å². The summed E-state index contributed by atoms with van der Waals surface area (Å²) >= 11 is 1.40. The summed E-state index contributed by atoms with van der Waals surface area (Å²) in [7, 11) is 1.64. The number of methoxy groups -OCH3 is 1. The molecule has 3 aromatic rings. The van der Waals surface area contributed by atoms with E-state index in [0.717, 1.165) is 28.0 Å². The fraction of sp³-hybridized carbons (Fsp3) is 0.435. The van der Waals surface area contributed by atoms with Crippen LogP contribution in [0.2, 0.25) is 0 Å². The van der Waals surface area contributed by atoms with Gasteiger partial charge in [-0.05, 0) is 43.7 Å². The van der Waals surface area contributed by atoms with E-state index in [1.165, 1.54) is 23.5 Å². The van der Waals surface area contributed by atoms with Gasteiger partial charge in [-0.25, -0.2) is 9.07 Å². The number of nitrogens with zero attached hydrogens (tertiary/aromatic N) is 4. The number of nitrogens with one attached hydrogen (secondary N) is 1. The highest BCUT2D eigenvalue weighted by Gasteiger charge is 2.25. The summed E-state index contributed by atoms with van der Waals surface area (Å²) in [5.41, 5.74) is 1.58. The molecule has 1 aliphatic heterocycles. The van der Waals surface area contributed by atoms with Crippen LogP contribution in [0, 0.1) is 12.7 Å². The molecule has 0 radical (unpaired) electrons. The highest BCUT2D eigenvalue weighted by molar-refractivity contribution is 7.20. The molecule has 2 amide bonds. The van der Waals surface area contributed by atoms with Crippen molar-refractivity contribution in [1.82, 2.24) is 24.9 Å². The van der Waals surface area contributed by atoms with Gasteiger partial charge in [0.15, 0.2) is 0 Å². The molecule has 0 atom stereocenters. The zero-order valence-corrected chi connectivity index (χ0v) is 19.7. The largest absolute Gasteiger partial charge is 0.385 e. The molecule has 1 fully saturated rings. The first-order valence-electron chi connectivity index (χ1n) is 11.0. The molecule has 0 unspecified atom stereocenters. The Labute approximate surface area is 195 Å². The van der Waals surface area contributed by atoms with E-state index in [4.69, 9.17) is 4.74 Å². The summed E-state index contributed by atoms with van der Waals surface area (Å²) in [5, 5.41) is 8.38. The minimum absolute atomic E-state index is 0.00351. The van der Waals surface area contributed by atoms with E-state index < -0.39 is 0 Å². The lowest BCUT2D eigenvalue weighted by Crippen LogP contribution is -2.51. The standard InChI is InChI=1S/C23H28FN5O3S/c1-16-19-14-20(33-23(19)29(26-16)18-6-4-17(24)5-7-18)22(31)28-11-9-27(10-12-28)15-21(30)25-8-3-13-32-2/h4-7,14H,3,8-13,15H2,1-2H3,(H,25,30). The first kappa shape index (κ1) is 23.3. The van der Waals surface area contributed by atoms with Gasteiger partial charge in [-0.1, -0.05) is 0 Å². The fourth-order valence-electron chi connectivity index (χ4n) is 3.88. The third kappa shape index (κ3) is 5.40. The van der Waals surface area contributed by atoms with Crippen molar-refractivity contribution in [3.8, 4) is 5.69 Å². The molecular weight excluding hydrogens is 445 g/mol. The number of rotatable bonds is 8. The van der Waals surface area contributed by atoms with Crippen molar-refractivity contribution in [1.29, 1.82) is 0 Å². The van der Waals surface area contributed by atoms with Crippen LogP contribution in [0.4, 0.5) is 4.39 Å². The molecule has 1 saturated heterocycles. The van der Waals surface area contributed by atoms with Gasteiger partial charge in [0.1, 0.15) is 10.6 Å². The Morgan fingerprint density at radius 1 is 1.18 bits per heavy atom. The molecule has 176 valence electrons. The van der Waals surface area contributed by atoms with Gasteiger partial charge in [0.05, 0.1) is 22.8 Å². The van der Waals surface area contributed by atoms with Crippen molar-refractivity contribution in [2.45, 2.75) is 13.3 Å². The molecule has 8 nitrogen and oxygen atoms in total. The second-order valence-corrected chi connectivity index (χ2v) is 9.10. The van der Waals surface area contributed by atoms with E-state index in [-0.39, 0.29) is 17.6 Å². The SMILES string of the molecule is COCCCNC(=O)CN1CCN(C(=O)c2cc3c(C)nn(-c4ccc(F)cc4)c3s2)CC1. The maximum Gasteiger partial charge on any atom is 0.264 e. The lowest BCUT2D eigenvalue weighted by molar-refractivity contribution is -0.122. The Hall–Kier alpha value is -2.82. The third-order valence-corrected chi connectivity index (χ3v) is 6.80. The van der Waals surface area contributed by atoms with Crippen LogP contribution in [0.25, 0.3) is 15.9 Å². The predicted octanol–water partition coefficient (Wildman–Crippen LogP) is 2.45. The van der Waals surface area contributed by atoms with Crippen LogP contribution < -0.4 is 5.32 Å². The highest BCUT2D eigenvalue weighted by atomic mass is 32.1. The Kier molecular flexibility index (Phi) is 7.36. The van der Waals surface area contributed by atoms with E-state index in [1.54, 1.807) is 23.9 Å². The number of ether oxygens (including phenoxy) is 1. The van der Waals surface area contributed by atoms with Crippen LogP contribution in [0.1, 0.15) is 21.8 Å². The fourth-order valence-corrected chi connectivity index (χ4v) is 5.03. The number of thiophene rings is 1. The van der Waals surface area contributed by atoms with Crippen LogP contribution in [0.3, 0.4) is 0 Å². The summed E-state index contributed by atoms with van der Waals surface area (Å²) in [6.45, 7) is 5.94. The maximum absolute atomic E-state index is 13.3. The molecular formula is C23H28FN5O3S. The number of hydrogen-bond acceptors (Lipinski definition) is 6. The van der Waals surface area contributed by atoms with Crippen LogP contribution in [-0.2, 0) is 9.53 Å². The van der Waals surface area contributed by atoms with E-state index in [0.29, 0.717) is 50.8 Å². The van der Waals surface area contributed by atoms with Gasteiger partial charge in [0, 0.05) is 51.8 Å². The van der Waals surface area contributed by atoms with E-state index in [9.17, 15) is 14.0 Å². The second kappa shape index (κ2) is 10.4. The molecule has 33 heavy (non-hydrogen) atoms. The third-order valence-electron chi connectivity index (χ3n) is 5.70. The topological polar surface area (TPSA) is 79.7 Å². The predicted molar refractivity (Wildman–Crippen MR) is 125 cm³/mol. The summed E-state index contributed by atoms with van der Waals surface area (Å²) in [6, 6.07) is 8.05. The number of aromatic nitrogens is 2. The molecule has 4 rings (SSSR count). The number of carbonyl (C=O) groups is 2. The van der Waals surface area contributed by atoms with Gasteiger partial charge in [-0.15, -0.1) is 11.3 Å². The zero-order chi connectivity index (χ0) is 23.4. The van der Waals surface area contributed by atoms with E-state index in [2.05, 4.69) is 15.3 Å². The van der Waals surface area contributed by atoms with Crippen molar-refractivity contribution >= 4 is 33.4 Å². The summed E-state index contributed by atoms with van der Waals surface area (Å²) in [4.78, 5) is 30.7. The maximum atomic E-state index is 13.3. The molecule has 1 aliphatic rings. The van der Waals surface area contributed by atoms with Crippen LogP contribution in [0.5, 0.6) is 0 Å². The zero-order valence-electron chi connectivity index (χ0n) is 18.8. The van der Waals surface area contributed by atoms with E-state index >= 15 is 0 Å². The highest BCUT2D eigenvalue weighted by Crippen LogP contribution is 2.31. The first-order valence-corrected chi connectivity index (χ1v) is 11.8. The lowest BCUT2D eigenvalue weighted by atomic mass is 10.2. The Morgan fingerprint density at radius 3 is 2.61 bits per heavy atom. The molecule has 10 heteroatoms. The number of carbonyl (C=O) groups excluding carboxylic acids is 2. The smallest absolute Gasteiger partial charge is 0.264 e. The van der Waals surface area contributed by atoms with Crippen molar-refractivity contribution < 1.29 is 18.7 Å². The number of benzene rings is 1. The Bertz CT molecular complexity index is 1120. The minimum Gasteiger partial charge on any atom is -0.385 e. The number of aryl methyl sites for hydroxylation is 1. The summed E-state index contributed by atoms with van der Waals surface area (Å²) in [6.07, 6.45) is 0.790. The average molecular weight is 474 g/mol. The van der Waals surface area contributed by atoms with Gasteiger partial charge >= 0.3 is 0 Å². The first-order chi connectivity index (χ1) is 16.0. The number of amides is 2. The Balaban J connectivity index is 1.37. The molecule has 0 spiro atoms. The lowest BCUT2D eigenvalue weighted by Gasteiger charge is -2.34. The molecule has 1 aromatic carbocycles. The number of hydrogen-bond donors (Lipinski definition) is 1. The van der Waals surface area contributed by atoms with Crippen LogP contribution in [0.15, 0.2) is 30.3 Å². The second-order valence-electron chi connectivity index (χ2n) is 8.07. The summed E-state index contributed by atoms with van der Waals surface area (Å²) in [5.74, 6) is -0.315. The normalized spacial score (nSPS) is 14.7. The van der Waals surface area contributed by atoms with Gasteiger partial charge in [-0.3, -0.25) is 14.5 Å². The van der Waals surface area contributed by atoms with Crippen molar-refractivity contribution in [2.24, 2.45) is 0 Å². The monoisotopic (exact) mass is 473 g/mol. The average Bonchev–Trinajstić information content (AvgIpc) is 3.38. The van der Waals surface area contributed by atoms with Crippen molar-refractivity contribution in [3.05, 3.63) is 46.7 Å². The number of piperazine rings is 1. The van der Waals surface area contributed by atoms with Crippen LogP contribution >= 0.6 is 11.3 Å². The molecule has 3 heterocycles. The van der Waals surface area contributed by atoms with Gasteiger partial charge < -0.3 is 15.0 Å². The van der Waals surface area contributed by atoms with Crippen molar-refractivity contribution in [3.63, 3.8) is 0 Å². The van der Waals surface area contributed by atoms with Gasteiger partial charge in [0.2, 0.25) is 5.91 Å². The van der Waals surface area contributed by atoms with Gasteiger partial charge in [-0.2, -0.15) is 5.10 Å². The minimum atomic E-state index is -0.302. The molecule has 2 aromatic heterocycles. The molecule has 0 bridgehead atoms.